The third kappa shape index (κ3) is 2.69. The van der Waals surface area contributed by atoms with Crippen molar-refractivity contribution in [3.63, 3.8) is 0 Å². The van der Waals surface area contributed by atoms with Gasteiger partial charge in [-0.25, -0.2) is 8.78 Å². The standard InChI is InChI=1S/C12H14F2N2/c1-7(2)8(3)16-12-10(13)4-9(6-15)5-11(12)14/h4-5,7-8,16H,1-3H3/t8-/m1/s1. The zero-order valence-electron chi connectivity index (χ0n) is 9.51. The molecule has 0 fully saturated rings. The number of nitrogens with one attached hydrogen (secondary N) is 1. The minimum absolute atomic E-state index is 0.0160. The van der Waals surface area contributed by atoms with Crippen molar-refractivity contribution in [1.29, 1.82) is 5.26 Å². The average molecular weight is 224 g/mol. The first-order chi connectivity index (χ1) is 7.45. The summed E-state index contributed by atoms with van der Waals surface area (Å²) < 4.78 is 26.9. The van der Waals surface area contributed by atoms with Crippen LogP contribution in [0.4, 0.5) is 14.5 Å². The van der Waals surface area contributed by atoms with E-state index in [1.165, 1.54) is 0 Å². The number of nitriles is 1. The molecule has 16 heavy (non-hydrogen) atoms. The Labute approximate surface area is 93.9 Å². The molecule has 0 aliphatic heterocycles. The maximum absolute atomic E-state index is 13.5. The number of halogens is 2. The van der Waals surface area contributed by atoms with Gasteiger partial charge in [0.05, 0.1) is 11.6 Å². The third-order valence-electron chi connectivity index (χ3n) is 2.54. The van der Waals surface area contributed by atoms with Gasteiger partial charge in [0.15, 0.2) is 11.6 Å². The summed E-state index contributed by atoms with van der Waals surface area (Å²) in [4.78, 5) is 0. The van der Waals surface area contributed by atoms with E-state index in [4.69, 9.17) is 5.26 Å². The van der Waals surface area contributed by atoms with Gasteiger partial charge in [-0.1, -0.05) is 13.8 Å². The predicted molar refractivity (Wildman–Crippen MR) is 59.0 cm³/mol. The smallest absolute Gasteiger partial charge is 0.150 e. The summed E-state index contributed by atoms with van der Waals surface area (Å²) in [5.74, 6) is -1.21. The van der Waals surface area contributed by atoms with Crippen molar-refractivity contribution in [1.82, 2.24) is 0 Å². The maximum Gasteiger partial charge on any atom is 0.150 e. The van der Waals surface area contributed by atoms with Crippen molar-refractivity contribution in [2.75, 3.05) is 5.32 Å². The van der Waals surface area contributed by atoms with Crippen molar-refractivity contribution in [3.05, 3.63) is 29.3 Å². The summed E-state index contributed by atoms with van der Waals surface area (Å²) in [5.41, 5.74) is -0.182. The molecular weight excluding hydrogens is 210 g/mol. The average Bonchev–Trinajstić information content (AvgIpc) is 2.22. The van der Waals surface area contributed by atoms with Crippen molar-refractivity contribution >= 4 is 5.69 Å². The van der Waals surface area contributed by atoms with Gasteiger partial charge in [-0.3, -0.25) is 0 Å². The summed E-state index contributed by atoms with van der Waals surface area (Å²) in [6.45, 7) is 5.76. The van der Waals surface area contributed by atoms with E-state index in [1.54, 1.807) is 6.07 Å². The van der Waals surface area contributed by atoms with Crippen LogP contribution in [-0.4, -0.2) is 6.04 Å². The van der Waals surface area contributed by atoms with Gasteiger partial charge < -0.3 is 5.32 Å². The minimum atomic E-state index is -0.732. The Morgan fingerprint density at radius 3 is 2.06 bits per heavy atom. The van der Waals surface area contributed by atoms with Crippen LogP contribution in [-0.2, 0) is 0 Å². The van der Waals surface area contributed by atoms with Crippen LogP contribution in [0.15, 0.2) is 12.1 Å². The number of hydrogen-bond donors (Lipinski definition) is 1. The van der Waals surface area contributed by atoms with E-state index in [-0.39, 0.29) is 23.2 Å². The zero-order chi connectivity index (χ0) is 12.3. The fourth-order valence-corrected chi connectivity index (χ4v) is 1.17. The predicted octanol–water partition coefficient (Wildman–Crippen LogP) is 3.29. The topological polar surface area (TPSA) is 35.8 Å². The highest BCUT2D eigenvalue weighted by atomic mass is 19.1. The molecule has 86 valence electrons. The second-order valence-corrected chi connectivity index (χ2v) is 4.10. The Balaban J connectivity index is 3.02. The fraction of sp³-hybridized carbons (Fsp3) is 0.417. The second kappa shape index (κ2) is 4.93. The van der Waals surface area contributed by atoms with E-state index in [2.05, 4.69) is 5.32 Å². The molecule has 0 spiro atoms. The van der Waals surface area contributed by atoms with E-state index in [9.17, 15) is 8.78 Å². The van der Waals surface area contributed by atoms with E-state index in [1.807, 2.05) is 20.8 Å². The quantitative estimate of drug-likeness (QED) is 0.855. The van der Waals surface area contributed by atoms with Crippen molar-refractivity contribution in [3.8, 4) is 6.07 Å². The van der Waals surface area contributed by atoms with Crippen molar-refractivity contribution in [2.24, 2.45) is 5.92 Å². The highest BCUT2D eigenvalue weighted by molar-refractivity contribution is 5.50. The lowest BCUT2D eigenvalue weighted by atomic mass is 10.1. The Morgan fingerprint density at radius 2 is 1.69 bits per heavy atom. The molecular formula is C12H14F2N2. The Bertz CT molecular complexity index is 399. The van der Waals surface area contributed by atoms with Gasteiger partial charge in [-0.2, -0.15) is 5.26 Å². The number of hydrogen-bond acceptors (Lipinski definition) is 2. The maximum atomic E-state index is 13.5. The Hall–Kier alpha value is -1.63. The molecule has 0 aliphatic carbocycles. The molecule has 0 heterocycles. The lowest BCUT2D eigenvalue weighted by Crippen LogP contribution is -2.22. The molecule has 4 heteroatoms. The molecule has 0 unspecified atom stereocenters. The Kier molecular flexibility index (Phi) is 3.83. The molecule has 0 aliphatic rings. The van der Waals surface area contributed by atoms with Gasteiger partial charge in [-0.15, -0.1) is 0 Å². The van der Waals surface area contributed by atoms with Gasteiger partial charge in [0, 0.05) is 6.04 Å². The summed E-state index contributed by atoms with van der Waals surface area (Å²) in [6.07, 6.45) is 0. The first-order valence-electron chi connectivity index (χ1n) is 5.11. The minimum Gasteiger partial charge on any atom is -0.378 e. The molecule has 1 atom stereocenters. The molecule has 1 N–H and O–H groups in total. The van der Waals surface area contributed by atoms with E-state index in [0.717, 1.165) is 12.1 Å². The molecule has 1 aromatic carbocycles. The summed E-state index contributed by atoms with van der Waals surface area (Å²) in [6, 6.07) is 3.71. The molecule has 2 nitrogen and oxygen atoms in total. The first kappa shape index (κ1) is 12.4. The second-order valence-electron chi connectivity index (χ2n) is 4.10. The SMILES string of the molecule is CC(C)[C@@H](C)Nc1c(F)cc(C#N)cc1F. The summed E-state index contributed by atoms with van der Waals surface area (Å²) in [5, 5.41) is 11.3. The molecule has 0 radical (unpaired) electrons. The lowest BCUT2D eigenvalue weighted by Gasteiger charge is -2.19. The van der Waals surface area contributed by atoms with Gasteiger partial charge in [0.1, 0.15) is 5.69 Å². The normalized spacial score (nSPS) is 12.3. The monoisotopic (exact) mass is 224 g/mol. The van der Waals surface area contributed by atoms with Gasteiger partial charge in [-0.05, 0) is 25.0 Å². The largest absolute Gasteiger partial charge is 0.378 e. The van der Waals surface area contributed by atoms with E-state index in [0.29, 0.717) is 0 Å². The van der Waals surface area contributed by atoms with E-state index < -0.39 is 11.6 Å². The van der Waals surface area contributed by atoms with Crippen LogP contribution >= 0.6 is 0 Å². The van der Waals surface area contributed by atoms with Crippen molar-refractivity contribution in [2.45, 2.75) is 26.8 Å². The van der Waals surface area contributed by atoms with Crippen LogP contribution in [0.2, 0.25) is 0 Å². The number of anilines is 1. The zero-order valence-corrected chi connectivity index (χ0v) is 9.51. The highest BCUT2D eigenvalue weighted by Gasteiger charge is 2.15. The summed E-state index contributed by atoms with van der Waals surface area (Å²) >= 11 is 0. The summed E-state index contributed by atoms with van der Waals surface area (Å²) in [7, 11) is 0. The molecule has 0 amide bonds. The van der Waals surface area contributed by atoms with Crippen LogP contribution in [0.25, 0.3) is 0 Å². The molecule has 0 saturated heterocycles. The van der Waals surface area contributed by atoms with Gasteiger partial charge >= 0.3 is 0 Å². The molecule has 0 saturated carbocycles. The van der Waals surface area contributed by atoms with Crippen LogP contribution in [0.1, 0.15) is 26.3 Å². The molecule has 1 aromatic rings. The van der Waals surface area contributed by atoms with Crippen LogP contribution in [0.5, 0.6) is 0 Å². The number of benzene rings is 1. The van der Waals surface area contributed by atoms with Crippen LogP contribution in [0.3, 0.4) is 0 Å². The first-order valence-corrected chi connectivity index (χ1v) is 5.11. The molecule has 1 rings (SSSR count). The number of nitrogens with zero attached hydrogens (tertiary/aromatic N) is 1. The highest BCUT2D eigenvalue weighted by Crippen LogP contribution is 2.22. The Morgan fingerprint density at radius 1 is 1.19 bits per heavy atom. The van der Waals surface area contributed by atoms with Crippen molar-refractivity contribution < 1.29 is 8.78 Å². The van der Waals surface area contributed by atoms with Crippen LogP contribution in [0, 0.1) is 28.9 Å². The molecule has 0 bridgehead atoms. The number of rotatable bonds is 3. The third-order valence-corrected chi connectivity index (χ3v) is 2.54. The lowest BCUT2D eigenvalue weighted by molar-refractivity contribution is 0.538. The van der Waals surface area contributed by atoms with Gasteiger partial charge in [0.2, 0.25) is 0 Å². The van der Waals surface area contributed by atoms with E-state index >= 15 is 0 Å². The molecule has 0 aromatic heterocycles. The van der Waals surface area contributed by atoms with Gasteiger partial charge in [0.25, 0.3) is 0 Å². The fourth-order valence-electron chi connectivity index (χ4n) is 1.17. The van der Waals surface area contributed by atoms with Crippen LogP contribution < -0.4 is 5.32 Å².